The van der Waals surface area contributed by atoms with Crippen LogP contribution in [-0.4, -0.2) is 22.3 Å². The van der Waals surface area contributed by atoms with Crippen molar-refractivity contribution in [1.82, 2.24) is 10.3 Å². The molecule has 1 heterocycles. The summed E-state index contributed by atoms with van der Waals surface area (Å²) in [6.07, 6.45) is 4.01. The third-order valence-electron chi connectivity index (χ3n) is 3.71. The molecule has 0 spiro atoms. The van der Waals surface area contributed by atoms with Crippen LogP contribution in [-0.2, 0) is 0 Å². The molecule has 4 nitrogen and oxygen atoms in total. The lowest BCUT2D eigenvalue weighted by Crippen LogP contribution is -2.48. The number of hydrogen-bond acceptors (Lipinski definition) is 5. The summed E-state index contributed by atoms with van der Waals surface area (Å²) in [6.45, 7) is 6.78. The second kappa shape index (κ2) is 5.98. The SMILES string of the molecule is CCNC1(C#N)CCCC(Sc2nc(C)c(C)o2)C1. The molecule has 1 aromatic rings. The highest BCUT2D eigenvalue weighted by molar-refractivity contribution is 7.99. The van der Waals surface area contributed by atoms with Crippen molar-refractivity contribution in [1.29, 1.82) is 5.26 Å². The molecule has 1 aromatic heterocycles. The maximum absolute atomic E-state index is 9.44. The third kappa shape index (κ3) is 3.31. The summed E-state index contributed by atoms with van der Waals surface area (Å²) in [4.78, 5) is 4.42. The first kappa shape index (κ1) is 14.4. The molecule has 1 aliphatic carbocycles. The number of thioether (sulfide) groups is 1. The highest BCUT2D eigenvalue weighted by Crippen LogP contribution is 2.38. The molecule has 1 saturated carbocycles. The minimum absolute atomic E-state index is 0.360. The first-order chi connectivity index (χ1) is 9.08. The van der Waals surface area contributed by atoms with Crippen LogP contribution in [0.15, 0.2) is 9.64 Å². The number of hydrogen-bond donors (Lipinski definition) is 1. The van der Waals surface area contributed by atoms with Crippen LogP contribution in [0.2, 0.25) is 0 Å². The zero-order valence-corrected chi connectivity index (χ0v) is 12.6. The van der Waals surface area contributed by atoms with Gasteiger partial charge in [0, 0.05) is 5.25 Å². The molecule has 0 saturated heterocycles. The number of aromatic nitrogens is 1. The molecule has 5 heteroatoms. The second-order valence-corrected chi connectivity index (χ2v) is 6.43. The van der Waals surface area contributed by atoms with Gasteiger partial charge in [0.15, 0.2) is 0 Å². The van der Waals surface area contributed by atoms with Crippen LogP contribution in [0.4, 0.5) is 0 Å². The van der Waals surface area contributed by atoms with Gasteiger partial charge in [-0.05, 0) is 46.1 Å². The minimum atomic E-state index is -0.360. The largest absolute Gasteiger partial charge is 0.437 e. The summed E-state index contributed by atoms with van der Waals surface area (Å²) in [5.41, 5.74) is 0.595. The Labute approximate surface area is 119 Å². The Balaban J connectivity index is 2.03. The zero-order chi connectivity index (χ0) is 13.9. The van der Waals surface area contributed by atoms with Gasteiger partial charge in [-0.25, -0.2) is 4.98 Å². The van der Waals surface area contributed by atoms with Crippen molar-refractivity contribution in [3.05, 3.63) is 11.5 Å². The molecule has 1 aliphatic rings. The summed E-state index contributed by atoms with van der Waals surface area (Å²) in [6, 6.07) is 2.48. The van der Waals surface area contributed by atoms with Gasteiger partial charge in [-0.3, -0.25) is 5.32 Å². The van der Waals surface area contributed by atoms with E-state index >= 15 is 0 Å². The van der Waals surface area contributed by atoms with Gasteiger partial charge < -0.3 is 4.42 Å². The van der Waals surface area contributed by atoms with E-state index in [1.165, 1.54) is 0 Å². The van der Waals surface area contributed by atoms with E-state index in [1.807, 2.05) is 13.8 Å². The van der Waals surface area contributed by atoms with Crippen molar-refractivity contribution in [3.63, 3.8) is 0 Å². The summed E-state index contributed by atoms with van der Waals surface area (Å²) in [5.74, 6) is 0.886. The van der Waals surface area contributed by atoms with Crippen molar-refractivity contribution in [3.8, 4) is 6.07 Å². The van der Waals surface area contributed by atoms with Crippen LogP contribution in [0, 0.1) is 25.2 Å². The molecule has 0 aromatic carbocycles. The lowest BCUT2D eigenvalue weighted by atomic mass is 9.82. The van der Waals surface area contributed by atoms with Gasteiger partial charge in [0.05, 0.1) is 11.8 Å². The monoisotopic (exact) mass is 279 g/mol. The number of rotatable bonds is 4. The molecule has 1 N–H and O–H groups in total. The van der Waals surface area contributed by atoms with E-state index in [0.29, 0.717) is 5.25 Å². The molecule has 2 rings (SSSR count). The molecule has 0 aliphatic heterocycles. The zero-order valence-electron chi connectivity index (χ0n) is 11.8. The summed E-state index contributed by atoms with van der Waals surface area (Å²) in [5, 5.41) is 13.9. The lowest BCUT2D eigenvalue weighted by Gasteiger charge is -2.35. The fourth-order valence-electron chi connectivity index (χ4n) is 2.60. The number of nitriles is 1. The van der Waals surface area contributed by atoms with Crippen LogP contribution in [0.5, 0.6) is 0 Å². The molecule has 2 atom stereocenters. The Bertz CT molecular complexity index is 456. The molecular formula is C14H21N3OS. The fraction of sp³-hybridized carbons (Fsp3) is 0.714. The van der Waals surface area contributed by atoms with Gasteiger partial charge >= 0.3 is 0 Å². The maximum Gasteiger partial charge on any atom is 0.256 e. The van der Waals surface area contributed by atoms with Crippen LogP contribution in [0.1, 0.15) is 44.1 Å². The Kier molecular flexibility index (Phi) is 4.54. The first-order valence-electron chi connectivity index (χ1n) is 6.85. The molecule has 2 unspecified atom stereocenters. The van der Waals surface area contributed by atoms with E-state index < -0.39 is 0 Å². The topological polar surface area (TPSA) is 61.9 Å². The predicted molar refractivity (Wildman–Crippen MR) is 76.1 cm³/mol. The van der Waals surface area contributed by atoms with E-state index in [4.69, 9.17) is 4.42 Å². The molecule has 0 amide bonds. The van der Waals surface area contributed by atoms with E-state index in [1.54, 1.807) is 11.8 Å². The lowest BCUT2D eigenvalue weighted by molar-refractivity contribution is 0.308. The van der Waals surface area contributed by atoms with Crippen LogP contribution in [0.25, 0.3) is 0 Å². The fourth-order valence-corrected chi connectivity index (χ4v) is 3.90. The molecule has 104 valence electrons. The smallest absolute Gasteiger partial charge is 0.256 e. The predicted octanol–water partition coefficient (Wildman–Crippen LogP) is 3.20. The summed E-state index contributed by atoms with van der Waals surface area (Å²) >= 11 is 1.67. The highest BCUT2D eigenvalue weighted by Gasteiger charge is 2.36. The quantitative estimate of drug-likeness (QED) is 0.917. The maximum atomic E-state index is 9.44. The Hall–Kier alpha value is -0.990. The summed E-state index contributed by atoms with van der Waals surface area (Å²) in [7, 11) is 0. The Morgan fingerprint density at radius 2 is 2.37 bits per heavy atom. The average Bonchev–Trinajstić information content (AvgIpc) is 2.69. The minimum Gasteiger partial charge on any atom is -0.437 e. The number of nitrogens with zero attached hydrogens (tertiary/aromatic N) is 2. The van der Waals surface area contributed by atoms with Crippen LogP contribution < -0.4 is 5.32 Å². The Morgan fingerprint density at radius 3 is 2.95 bits per heavy atom. The van der Waals surface area contributed by atoms with Crippen molar-refractivity contribution < 1.29 is 4.42 Å². The van der Waals surface area contributed by atoms with Crippen LogP contribution in [0.3, 0.4) is 0 Å². The number of nitrogens with one attached hydrogen (secondary N) is 1. The number of aryl methyl sites for hydroxylation is 2. The van der Waals surface area contributed by atoms with Gasteiger partial charge in [-0.2, -0.15) is 5.26 Å². The second-order valence-electron chi connectivity index (χ2n) is 5.18. The van der Waals surface area contributed by atoms with Crippen molar-refractivity contribution in [2.45, 2.75) is 62.5 Å². The average molecular weight is 279 g/mol. The molecule has 0 radical (unpaired) electrons. The summed E-state index contributed by atoms with van der Waals surface area (Å²) < 4.78 is 5.63. The standard InChI is InChI=1S/C14H21N3OS/c1-4-16-14(9-15)7-5-6-12(8-14)19-13-17-10(2)11(3)18-13/h12,16H,4-8H2,1-3H3. The normalized spacial score (nSPS) is 27.2. The molecular weight excluding hydrogens is 258 g/mol. The highest BCUT2D eigenvalue weighted by atomic mass is 32.2. The molecule has 19 heavy (non-hydrogen) atoms. The van der Waals surface area contributed by atoms with Gasteiger partial charge in [-0.15, -0.1) is 0 Å². The van der Waals surface area contributed by atoms with Gasteiger partial charge in [0.25, 0.3) is 5.22 Å². The first-order valence-corrected chi connectivity index (χ1v) is 7.73. The van der Waals surface area contributed by atoms with Gasteiger partial charge in [-0.1, -0.05) is 18.7 Å². The van der Waals surface area contributed by atoms with Crippen LogP contribution >= 0.6 is 11.8 Å². The van der Waals surface area contributed by atoms with Crippen molar-refractivity contribution in [2.24, 2.45) is 0 Å². The number of oxazole rings is 1. The Morgan fingerprint density at radius 1 is 1.58 bits per heavy atom. The van der Waals surface area contributed by atoms with E-state index in [9.17, 15) is 5.26 Å². The molecule has 0 bridgehead atoms. The van der Waals surface area contributed by atoms with E-state index in [2.05, 4.69) is 23.3 Å². The van der Waals surface area contributed by atoms with Crippen molar-refractivity contribution >= 4 is 11.8 Å². The third-order valence-corrected chi connectivity index (χ3v) is 4.82. The van der Waals surface area contributed by atoms with E-state index in [0.717, 1.165) is 48.9 Å². The van der Waals surface area contributed by atoms with Gasteiger partial charge in [0.1, 0.15) is 11.3 Å². The molecule has 1 fully saturated rings. The van der Waals surface area contributed by atoms with Crippen molar-refractivity contribution in [2.75, 3.05) is 6.54 Å². The van der Waals surface area contributed by atoms with E-state index in [-0.39, 0.29) is 5.54 Å². The van der Waals surface area contributed by atoms with Gasteiger partial charge in [0.2, 0.25) is 0 Å².